The van der Waals surface area contributed by atoms with Gasteiger partial charge in [-0.15, -0.1) is 0 Å². The molecule has 1 N–H and O–H groups in total. The second-order valence-corrected chi connectivity index (χ2v) is 10.5. The maximum Gasteiger partial charge on any atom is 0.280 e. The van der Waals surface area contributed by atoms with Crippen LogP contribution in [0, 0.1) is 11.6 Å². The lowest BCUT2D eigenvalue weighted by atomic mass is 9.83. The Kier molecular flexibility index (Phi) is 8.88. The predicted octanol–water partition coefficient (Wildman–Crippen LogP) is 4.44. The summed E-state index contributed by atoms with van der Waals surface area (Å²) in [6, 6.07) is 7.87. The zero-order valence-electron chi connectivity index (χ0n) is 23.1. The van der Waals surface area contributed by atoms with Crippen molar-refractivity contribution in [3.8, 4) is 5.75 Å². The summed E-state index contributed by atoms with van der Waals surface area (Å²) in [7, 11) is 0. The van der Waals surface area contributed by atoms with E-state index in [1.165, 1.54) is 23.1 Å². The molecule has 0 fully saturated rings. The highest BCUT2D eigenvalue weighted by atomic mass is 19.1. The summed E-state index contributed by atoms with van der Waals surface area (Å²) in [6.07, 6.45) is -0.0299. The minimum absolute atomic E-state index is 0.103. The molecule has 2 heterocycles. The molecule has 4 rings (SSSR count). The molecule has 0 unspecified atom stereocenters. The fourth-order valence-corrected chi connectivity index (χ4v) is 5.24. The van der Waals surface area contributed by atoms with Gasteiger partial charge < -0.3 is 18.9 Å². The fraction of sp³-hybridized carbons (Fsp3) is 0.433. The largest absolute Gasteiger partial charge is 0.494 e. The van der Waals surface area contributed by atoms with E-state index < -0.39 is 40.3 Å². The molecule has 1 aliphatic heterocycles. The number of nitrogens with zero attached hydrogens (tertiary/aromatic N) is 1. The number of amides is 1. The van der Waals surface area contributed by atoms with Crippen molar-refractivity contribution in [2.24, 2.45) is 0 Å². The van der Waals surface area contributed by atoms with Crippen molar-refractivity contribution in [3.05, 3.63) is 86.4 Å². The number of hydrogen-bond acceptors (Lipinski definition) is 6. The molecule has 3 aromatic rings. The molecule has 0 bridgehead atoms. The molecule has 1 atom stereocenters. The van der Waals surface area contributed by atoms with E-state index >= 15 is 8.78 Å². The molecule has 0 saturated heterocycles. The number of aromatic amines is 1. The SMILES string of the molecule is CCOCC(C)(C)c1c(F)cc(CC(=O)[C@H]2c3ccc(OCC)cc3CCN2C(=O)Cc2cc(=O)[nH]o2)cc1F. The summed E-state index contributed by atoms with van der Waals surface area (Å²) >= 11 is 0. The quantitative estimate of drug-likeness (QED) is 0.375. The molecule has 10 heteroatoms. The zero-order chi connectivity index (χ0) is 29.0. The molecule has 0 radical (unpaired) electrons. The van der Waals surface area contributed by atoms with Gasteiger partial charge in [0.25, 0.3) is 5.56 Å². The number of nitrogens with one attached hydrogen (secondary N) is 1. The van der Waals surface area contributed by atoms with Gasteiger partial charge in [-0.25, -0.2) is 8.78 Å². The Balaban J connectivity index is 1.65. The third-order valence-electron chi connectivity index (χ3n) is 7.00. The second-order valence-electron chi connectivity index (χ2n) is 10.5. The monoisotopic (exact) mass is 556 g/mol. The number of ether oxygens (including phenoxy) is 2. The van der Waals surface area contributed by atoms with Crippen molar-refractivity contribution in [1.29, 1.82) is 0 Å². The molecule has 8 nitrogen and oxygen atoms in total. The number of carbonyl (C=O) groups is 2. The first-order chi connectivity index (χ1) is 19.0. The Morgan fingerprint density at radius 2 is 1.80 bits per heavy atom. The van der Waals surface area contributed by atoms with Crippen LogP contribution in [-0.4, -0.2) is 48.1 Å². The number of ketones is 1. The van der Waals surface area contributed by atoms with Crippen LogP contribution in [0.4, 0.5) is 8.78 Å². The molecule has 214 valence electrons. The molecule has 0 spiro atoms. The summed E-state index contributed by atoms with van der Waals surface area (Å²) in [6.45, 7) is 8.33. The average molecular weight is 557 g/mol. The Bertz CT molecular complexity index is 1420. The maximum absolute atomic E-state index is 15.2. The first-order valence-electron chi connectivity index (χ1n) is 13.3. The lowest BCUT2D eigenvalue weighted by Crippen LogP contribution is -2.44. The van der Waals surface area contributed by atoms with E-state index in [1.54, 1.807) is 32.9 Å². The predicted molar refractivity (Wildman–Crippen MR) is 143 cm³/mol. The number of benzene rings is 2. The summed E-state index contributed by atoms with van der Waals surface area (Å²) in [5.74, 6) is -1.52. The van der Waals surface area contributed by atoms with E-state index in [0.717, 1.165) is 5.56 Å². The van der Waals surface area contributed by atoms with E-state index in [9.17, 15) is 14.4 Å². The van der Waals surface area contributed by atoms with Crippen LogP contribution < -0.4 is 10.3 Å². The van der Waals surface area contributed by atoms with Crippen molar-refractivity contribution in [2.45, 2.75) is 58.4 Å². The van der Waals surface area contributed by atoms with Crippen LogP contribution >= 0.6 is 0 Å². The molecule has 1 aliphatic rings. The van der Waals surface area contributed by atoms with Gasteiger partial charge in [0.15, 0.2) is 5.78 Å². The molecule has 1 aromatic heterocycles. The van der Waals surface area contributed by atoms with E-state index in [-0.39, 0.29) is 42.9 Å². The van der Waals surface area contributed by atoms with Crippen molar-refractivity contribution in [3.63, 3.8) is 0 Å². The summed E-state index contributed by atoms with van der Waals surface area (Å²) in [5, 5.41) is 2.15. The topological polar surface area (TPSA) is 102 Å². The first kappa shape index (κ1) is 29.2. The Labute approximate surface area is 231 Å². The van der Waals surface area contributed by atoms with Crippen molar-refractivity contribution in [1.82, 2.24) is 10.1 Å². The number of aromatic nitrogens is 1. The summed E-state index contributed by atoms with van der Waals surface area (Å²) in [4.78, 5) is 40.0. The Hall–Kier alpha value is -3.79. The van der Waals surface area contributed by atoms with E-state index in [0.29, 0.717) is 30.9 Å². The minimum Gasteiger partial charge on any atom is -0.494 e. The van der Waals surface area contributed by atoms with Crippen molar-refractivity contribution >= 4 is 11.7 Å². The van der Waals surface area contributed by atoms with Crippen molar-refractivity contribution < 1.29 is 32.4 Å². The molecular weight excluding hydrogens is 522 g/mol. The summed E-state index contributed by atoms with van der Waals surface area (Å²) in [5.41, 5.74) is 0.154. The third-order valence-corrected chi connectivity index (χ3v) is 7.00. The molecule has 2 aromatic carbocycles. The Morgan fingerprint density at radius 1 is 1.07 bits per heavy atom. The van der Waals surface area contributed by atoms with Crippen LogP contribution in [0.5, 0.6) is 5.75 Å². The molecule has 0 saturated carbocycles. The van der Waals surface area contributed by atoms with Gasteiger partial charge in [-0.05, 0) is 61.2 Å². The lowest BCUT2D eigenvalue weighted by molar-refractivity contribution is -0.140. The standard InChI is InChI=1S/C30H34F2N2O6/c1-5-38-17-30(3,4)28-23(31)11-18(12-24(28)32)13-25(35)29-22-8-7-20(39-6-2)14-19(22)9-10-34(29)27(37)16-21-15-26(36)33-40-21/h7-8,11-12,14-15,29H,5-6,9-10,13,16-17H2,1-4H3,(H,33,36)/t29-/m1/s1. The molecule has 40 heavy (non-hydrogen) atoms. The number of Topliss-reactive ketones (excluding diaryl/α,β-unsaturated/α-hetero) is 1. The number of fused-ring (bicyclic) bond motifs is 1. The minimum atomic E-state index is -0.988. The van der Waals surface area contributed by atoms with E-state index in [4.69, 9.17) is 14.0 Å². The van der Waals surface area contributed by atoms with E-state index in [2.05, 4.69) is 5.16 Å². The number of H-pyrrole nitrogens is 1. The van der Waals surface area contributed by atoms with Gasteiger partial charge >= 0.3 is 0 Å². The highest BCUT2D eigenvalue weighted by Crippen LogP contribution is 2.35. The van der Waals surface area contributed by atoms with Crippen LogP contribution in [0.15, 0.2) is 45.7 Å². The number of hydrogen-bond donors (Lipinski definition) is 1. The molecule has 1 amide bonds. The Morgan fingerprint density at radius 3 is 2.42 bits per heavy atom. The smallest absolute Gasteiger partial charge is 0.280 e. The number of halogens is 2. The normalized spacial score (nSPS) is 15.2. The average Bonchev–Trinajstić information content (AvgIpc) is 3.30. The van der Waals surface area contributed by atoms with Crippen LogP contribution in [-0.2, 0) is 39.0 Å². The second kappa shape index (κ2) is 12.2. The van der Waals surface area contributed by atoms with Gasteiger partial charge in [0.05, 0.1) is 19.6 Å². The van der Waals surface area contributed by atoms with Gasteiger partial charge in [0.1, 0.15) is 29.2 Å². The summed E-state index contributed by atoms with van der Waals surface area (Å²) < 4.78 is 46.5. The highest BCUT2D eigenvalue weighted by molar-refractivity contribution is 5.92. The fourth-order valence-electron chi connectivity index (χ4n) is 5.24. The third kappa shape index (κ3) is 6.33. The lowest BCUT2D eigenvalue weighted by Gasteiger charge is -2.36. The van der Waals surface area contributed by atoms with Crippen LogP contribution in [0.1, 0.15) is 61.8 Å². The number of carbonyl (C=O) groups excluding carboxylic acids is 2. The van der Waals surface area contributed by atoms with Gasteiger partial charge in [-0.2, -0.15) is 5.16 Å². The van der Waals surface area contributed by atoms with E-state index in [1.807, 2.05) is 13.0 Å². The molecular formula is C30H34F2N2O6. The van der Waals surface area contributed by atoms with Gasteiger partial charge in [-0.1, -0.05) is 19.9 Å². The first-order valence-corrected chi connectivity index (χ1v) is 13.3. The van der Waals surface area contributed by atoms with Gasteiger partial charge in [0, 0.05) is 36.6 Å². The van der Waals surface area contributed by atoms with Gasteiger partial charge in [-0.3, -0.25) is 14.4 Å². The zero-order valence-corrected chi connectivity index (χ0v) is 23.1. The molecule has 0 aliphatic carbocycles. The maximum atomic E-state index is 15.2. The van der Waals surface area contributed by atoms with Crippen LogP contribution in [0.25, 0.3) is 0 Å². The van der Waals surface area contributed by atoms with Gasteiger partial charge in [0.2, 0.25) is 5.91 Å². The van der Waals surface area contributed by atoms with Crippen LogP contribution in [0.3, 0.4) is 0 Å². The van der Waals surface area contributed by atoms with Crippen LogP contribution in [0.2, 0.25) is 0 Å². The van der Waals surface area contributed by atoms with Crippen molar-refractivity contribution in [2.75, 3.05) is 26.4 Å². The highest BCUT2D eigenvalue weighted by Gasteiger charge is 2.37. The number of rotatable bonds is 11.